The van der Waals surface area contributed by atoms with Gasteiger partial charge in [-0.1, -0.05) is 0 Å². The second-order valence-corrected chi connectivity index (χ2v) is 5.14. The van der Waals surface area contributed by atoms with Crippen LogP contribution in [0.5, 0.6) is 0 Å². The Bertz CT molecular complexity index is 431. The zero-order chi connectivity index (χ0) is 13.1. The van der Waals surface area contributed by atoms with Crippen molar-refractivity contribution in [1.82, 2.24) is 9.47 Å². The SMILES string of the molecule is Cc1cc(C(=O)O)c(C)n1CCCN1CCCC1. The molecule has 0 unspecified atom stereocenters. The molecule has 0 aromatic carbocycles. The van der Waals surface area contributed by atoms with E-state index in [-0.39, 0.29) is 0 Å². The molecular weight excluding hydrogens is 228 g/mol. The minimum Gasteiger partial charge on any atom is -0.478 e. The largest absolute Gasteiger partial charge is 0.478 e. The van der Waals surface area contributed by atoms with Crippen molar-refractivity contribution in [1.29, 1.82) is 0 Å². The standard InChI is InChI=1S/C14H22N2O2/c1-11-10-13(14(17)18)12(2)16(11)9-5-8-15-6-3-4-7-15/h10H,3-9H2,1-2H3,(H,17,18). The molecule has 0 aliphatic carbocycles. The fourth-order valence-corrected chi connectivity index (χ4v) is 2.82. The van der Waals surface area contributed by atoms with Crippen molar-refractivity contribution in [2.45, 2.75) is 39.7 Å². The van der Waals surface area contributed by atoms with Crippen LogP contribution in [0.1, 0.15) is 41.0 Å². The van der Waals surface area contributed by atoms with E-state index in [1.165, 1.54) is 25.9 Å². The number of carboxylic acids is 1. The van der Waals surface area contributed by atoms with Crippen LogP contribution in [0.2, 0.25) is 0 Å². The Balaban J connectivity index is 1.94. The number of hydrogen-bond acceptors (Lipinski definition) is 2. The molecule has 0 bridgehead atoms. The highest BCUT2D eigenvalue weighted by Crippen LogP contribution is 2.16. The van der Waals surface area contributed by atoms with E-state index in [1.54, 1.807) is 6.07 Å². The van der Waals surface area contributed by atoms with E-state index in [0.29, 0.717) is 5.56 Å². The number of rotatable bonds is 5. The van der Waals surface area contributed by atoms with E-state index in [2.05, 4.69) is 9.47 Å². The monoisotopic (exact) mass is 250 g/mol. The number of aromatic carboxylic acids is 1. The van der Waals surface area contributed by atoms with Gasteiger partial charge in [0.2, 0.25) is 0 Å². The van der Waals surface area contributed by atoms with Crippen molar-refractivity contribution >= 4 is 5.97 Å². The van der Waals surface area contributed by atoms with Crippen LogP contribution in [0.15, 0.2) is 6.07 Å². The van der Waals surface area contributed by atoms with Crippen molar-refractivity contribution in [3.8, 4) is 0 Å². The first-order valence-corrected chi connectivity index (χ1v) is 6.72. The third-order valence-corrected chi connectivity index (χ3v) is 3.86. The van der Waals surface area contributed by atoms with E-state index >= 15 is 0 Å². The topological polar surface area (TPSA) is 45.5 Å². The van der Waals surface area contributed by atoms with Gasteiger partial charge in [-0.3, -0.25) is 0 Å². The van der Waals surface area contributed by atoms with Gasteiger partial charge in [0.1, 0.15) is 0 Å². The van der Waals surface area contributed by atoms with Crippen molar-refractivity contribution < 1.29 is 9.90 Å². The van der Waals surface area contributed by atoms with Gasteiger partial charge in [-0.25, -0.2) is 4.79 Å². The molecule has 1 N–H and O–H groups in total. The van der Waals surface area contributed by atoms with Crippen molar-refractivity contribution in [3.05, 3.63) is 23.0 Å². The molecule has 0 amide bonds. The molecule has 0 radical (unpaired) electrons. The third-order valence-electron chi connectivity index (χ3n) is 3.86. The van der Waals surface area contributed by atoms with Gasteiger partial charge in [0.25, 0.3) is 0 Å². The summed E-state index contributed by atoms with van der Waals surface area (Å²) in [6.45, 7) is 8.37. The van der Waals surface area contributed by atoms with Crippen LogP contribution in [-0.2, 0) is 6.54 Å². The van der Waals surface area contributed by atoms with Gasteiger partial charge >= 0.3 is 5.97 Å². The maximum atomic E-state index is 11.0. The smallest absolute Gasteiger partial charge is 0.337 e. The van der Waals surface area contributed by atoms with E-state index in [0.717, 1.165) is 30.9 Å². The Kier molecular flexibility index (Phi) is 4.07. The predicted octanol–water partition coefficient (Wildman–Crippen LogP) is 2.29. The molecule has 4 nitrogen and oxygen atoms in total. The van der Waals surface area contributed by atoms with E-state index in [1.807, 2.05) is 13.8 Å². The molecule has 100 valence electrons. The summed E-state index contributed by atoms with van der Waals surface area (Å²) in [7, 11) is 0. The minimum atomic E-state index is -0.825. The summed E-state index contributed by atoms with van der Waals surface area (Å²) in [5, 5.41) is 9.08. The normalized spacial score (nSPS) is 16.3. The first-order chi connectivity index (χ1) is 8.59. The molecule has 1 aromatic heterocycles. The van der Waals surface area contributed by atoms with E-state index in [4.69, 9.17) is 5.11 Å². The lowest BCUT2D eigenvalue weighted by molar-refractivity contribution is 0.0696. The molecule has 1 aliphatic heterocycles. The molecule has 1 aromatic rings. The average Bonchev–Trinajstić information content (AvgIpc) is 2.91. The van der Waals surface area contributed by atoms with Crippen LogP contribution in [0.3, 0.4) is 0 Å². The first kappa shape index (κ1) is 13.1. The van der Waals surface area contributed by atoms with Gasteiger partial charge in [0, 0.05) is 17.9 Å². The number of nitrogens with zero attached hydrogens (tertiary/aromatic N) is 2. The number of likely N-dealkylation sites (tertiary alicyclic amines) is 1. The molecule has 2 heterocycles. The summed E-state index contributed by atoms with van der Waals surface area (Å²) in [6.07, 6.45) is 3.74. The van der Waals surface area contributed by atoms with Crippen molar-refractivity contribution in [2.24, 2.45) is 0 Å². The number of carbonyl (C=O) groups is 1. The number of hydrogen-bond donors (Lipinski definition) is 1. The van der Waals surface area contributed by atoms with Crippen molar-refractivity contribution in [2.75, 3.05) is 19.6 Å². The average molecular weight is 250 g/mol. The highest BCUT2D eigenvalue weighted by molar-refractivity contribution is 5.89. The van der Waals surface area contributed by atoms with Crippen LogP contribution in [0.25, 0.3) is 0 Å². The Hall–Kier alpha value is -1.29. The van der Waals surface area contributed by atoms with Gasteiger partial charge in [-0.2, -0.15) is 0 Å². The maximum Gasteiger partial charge on any atom is 0.337 e. The lowest BCUT2D eigenvalue weighted by Crippen LogP contribution is -2.21. The zero-order valence-corrected chi connectivity index (χ0v) is 11.3. The van der Waals surface area contributed by atoms with Crippen LogP contribution in [0.4, 0.5) is 0 Å². The Morgan fingerprint density at radius 2 is 1.94 bits per heavy atom. The lowest BCUT2D eigenvalue weighted by atomic mass is 10.2. The lowest BCUT2D eigenvalue weighted by Gasteiger charge is -2.15. The second-order valence-electron chi connectivity index (χ2n) is 5.14. The second kappa shape index (κ2) is 5.57. The zero-order valence-electron chi connectivity index (χ0n) is 11.3. The summed E-state index contributed by atoms with van der Waals surface area (Å²) in [4.78, 5) is 13.5. The highest BCUT2D eigenvalue weighted by atomic mass is 16.4. The number of aryl methyl sites for hydroxylation is 1. The summed E-state index contributed by atoms with van der Waals surface area (Å²) in [5.41, 5.74) is 2.36. The quantitative estimate of drug-likeness (QED) is 0.872. The first-order valence-electron chi connectivity index (χ1n) is 6.72. The third kappa shape index (κ3) is 2.75. The summed E-state index contributed by atoms with van der Waals surface area (Å²) >= 11 is 0. The van der Waals surface area contributed by atoms with Crippen LogP contribution >= 0.6 is 0 Å². The van der Waals surface area contributed by atoms with Crippen LogP contribution in [0, 0.1) is 13.8 Å². The molecule has 18 heavy (non-hydrogen) atoms. The Labute approximate surface area is 108 Å². The summed E-state index contributed by atoms with van der Waals surface area (Å²) in [6, 6.07) is 1.77. The van der Waals surface area contributed by atoms with E-state index in [9.17, 15) is 4.79 Å². The summed E-state index contributed by atoms with van der Waals surface area (Å²) in [5.74, 6) is -0.825. The molecule has 0 spiro atoms. The van der Waals surface area contributed by atoms with Crippen LogP contribution < -0.4 is 0 Å². The highest BCUT2D eigenvalue weighted by Gasteiger charge is 2.15. The molecule has 1 saturated heterocycles. The van der Waals surface area contributed by atoms with Gasteiger partial charge in [-0.15, -0.1) is 0 Å². The minimum absolute atomic E-state index is 0.439. The van der Waals surface area contributed by atoms with Gasteiger partial charge in [0.15, 0.2) is 0 Å². The fourth-order valence-electron chi connectivity index (χ4n) is 2.82. The number of carboxylic acid groups (broad SMARTS) is 1. The molecule has 1 fully saturated rings. The molecule has 1 aliphatic rings. The molecule has 0 atom stereocenters. The van der Waals surface area contributed by atoms with Gasteiger partial charge < -0.3 is 14.6 Å². The molecular formula is C14H22N2O2. The van der Waals surface area contributed by atoms with Gasteiger partial charge in [0.05, 0.1) is 5.56 Å². The van der Waals surface area contributed by atoms with Crippen molar-refractivity contribution in [3.63, 3.8) is 0 Å². The van der Waals surface area contributed by atoms with E-state index < -0.39 is 5.97 Å². The summed E-state index contributed by atoms with van der Waals surface area (Å²) < 4.78 is 2.12. The van der Waals surface area contributed by atoms with Gasteiger partial charge in [-0.05, 0) is 58.8 Å². The molecule has 2 rings (SSSR count). The predicted molar refractivity (Wildman–Crippen MR) is 71.2 cm³/mol. The molecule has 4 heteroatoms. The Morgan fingerprint density at radius 1 is 1.28 bits per heavy atom. The fraction of sp³-hybridized carbons (Fsp3) is 0.643. The van der Waals surface area contributed by atoms with Crippen LogP contribution in [-0.4, -0.2) is 40.2 Å². The maximum absolute atomic E-state index is 11.0. The Morgan fingerprint density at radius 3 is 2.50 bits per heavy atom. The molecule has 0 saturated carbocycles. The number of aromatic nitrogens is 1.